The van der Waals surface area contributed by atoms with Gasteiger partial charge in [-0.3, -0.25) is 0 Å². The number of nitrogens with one attached hydrogen (secondary N) is 1. The topological polar surface area (TPSA) is 83.8 Å². The molecule has 2 aliphatic rings. The number of rotatable bonds is 5. The van der Waals surface area contributed by atoms with Gasteiger partial charge in [0, 0.05) is 13.1 Å². The Morgan fingerprint density at radius 3 is 3.03 bits per heavy atom. The van der Waals surface area contributed by atoms with Crippen molar-refractivity contribution in [3.05, 3.63) is 53.3 Å². The second-order valence-electron chi connectivity index (χ2n) is 7.08. The van der Waals surface area contributed by atoms with E-state index < -0.39 is 0 Å². The fourth-order valence-corrected chi connectivity index (χ4v) is 3.85. The van der Waals surface area contributed by atoms with Gasteiger partial charge >= 0.3 is 5.97 Å². The summed E-state index contributed by atoms with van der Waals surface area (Å²) in [5, 5.41) is 3.50. The van der Waals surface area contributed by atoms with Crippen LogP contribution in [-0.4, -0.2) is 42.6 Å². The lowest BCUT2D eigenvalue weighted by atomic mass is 10.1. The van der Waals surface area contributed by atoms with Crippen LogP contribution in [-0.2, 0) is 22.6 Å². The highest BCUT2D eigenvalue weighted by molar-refractivity contribution is 5.93. The molecule has 0 saturated heterocycles. The summed E-state index contributed by atoms with van der Waals surface area (Å²) in [6.45, 7) is 2.78. The quantitative estimate of drug-likeness (QED) is 0.664. The van der Waals surface area contributed by atoms with Crippen LogP contribution in [0.4, 0.5) is 0 Å². The predicted molar refractivity (Wildman–Crippen MR) is 104 cm³/mol. The molecule has 2 aliphatic heterocycles. The number of benzene rings is 2. The molecule has 1 unspecified atom stereocenters. The second kappa shape index (κ2) is 7.38. The molecule has 0 spiro atoms. The van der Waals surface area contributed by atoms with E-state index in [0.717, 1.165) is 40.5 Å². The summed E-state index contributed by atoms with van der Waals surface area (Å²) in [6, 6.07) is 11.5. The van der Waals surface area contributed by atoms with E-state index in [4.69, 9.17) is 18.9 Å². The van der Waals surface area contributed by atoms with Gasteiger partial charge < -0.3 is 28.8 Å². The number of methoxy groups -OCH3 is 1. The fourth-order valence-electron chi connectivity index (χ4n) is 3.85. The highest BCUT2D eigenvalue weighted by Gasteiger charge is 2.24. The van der Waals surface area contributed by atoms with E-state index in [1.807, 2.05) is 24.3 Å². The lowest BCUT2D eigenvalue weighted by molar-refractivity contribution is 0.0564. The van der Waals surface area contributed by atoms with Crippen LogP contribution in [0.1, 0.15) is 27.8 Å². The first kappa shape index (κ1) is 18.0. The standard InChI is InChI=1S/C21H21N3O5/c1-26-21(25)14-3-4-17-16(7-14)23-20-11-27-10-15(24(17)20)9-22-8-13-2-5-18-19(6-13)29-12-28-18/h2-7,15,22H,8-12H2,1H3. The largest absolute Gasteiger partial charge is 0.465 e. The Bertz CT molecular complexity index is 1080. The number of esters is 1. The number of carbonyl (C=O) groups is 1. The summed E-state index contributed by atoms with van der Waals surface area (Å²) in [5.41, 5.74) is 3.39. The van der Waals surface area contributed by atoms with Gasteiger partial charge in [-0.25, -0.2) is 9.78 Å². The molecule has 1 N–H and O–H groups in total. The zero-order valence-corrected chi connectivity index (χ0v) is 16.0. The van der Waals surface area contributed by atoms with Crippen molar-refractivity contribution in [1.29, 1.82) is 0 Å². The molecule has 2 aromatic carbocycles. The SMILES string of the molecule is COC(=O)c1ccc2c(c1)nc1n2C(CNCc2ccc3c(c2)OCO3)COC1. The normalized spacial score (nSPS) is 17.3. The molecular weight excluding hydrogens is 374 g/mol. The molecule has 8 heteroatoms. The number of hydrogen-bond acceptors (Lipinski definition) is 7. The Labute approximate surface area is 167 Å². The molecule has 0 amide bonds. The smallest absolute Gasteiger partial charge is 0.337 e. The fraction of sp³-hybridized carbons (Fsp3) is 0.333. The van der Waals surface area contributed by atoms with E-state index in [1.165, 1.54) is 7.11 Å². The van der Waals surface area contributed by atoms with Gasteiger partial charge in [0.1, 0.15) is 12.4 Å². The molecule has 0 aliphatic carbocycles. The number of nitrogens with zero attached hydrogens (tertiary/aromatic N) is 2. The lowest BCUT2D eigenvalue weighted by Gasteiger charge is -2.26. The van der Waals surface area contributed by atoms with Crippen LogP contribution in [0, 0.1) is 0 Å². The maximum absolute atomic E-state index is 11.8. The van der Waals surface area contributed by atoms with Crippen molar-refractivity contribution in [3.8, 4) is 11.5 Å². The summed E-state index contributed by atoms with van der Waals surface area (Å²) in [6.07, 6.45) is 0. The monoisotopic (exact) mass is 395 g/mol. The third-order valence-electron chi connectivity index (χ3n) is 5.24. The minimum atomic E-state index is -0.365. The molecule has 3 heterocycles. The van der Waals surface area contributed by atoms with Gasteiger partial charge in [0.15, 0.2) is 11.5 Å². The first-order valence-electron chi connectivity index (χ1n) is 9.49. The average Bonchev–Trinajstić information content (AvgIpc) is 3.36. The van der Waals surface area contributed by atoms with Gasteiger partial charge in [-0.15, -0.1) is 0 Å². The van der Waals surface area contributed by atoms with Gasteiger partial charge in [-0.2, -0.15) is 0 Å². The summed E-state index contributed by atoms with van der Waals surface area (Å²) >= 11 is 0. The summed E-state index contributed by atoms with van der Waals surface area (Å²) < 4.78 is 23.6. The Morgan fingerprint density at radius 1 is 1.24 bits per heavy atom. The van der Waals surface area contributed by atoms with Gasteiger partial charge in [-0.05, 0) is 35.9 Å². The van der Waals surface area contributed by atoms with Crippen LogP contribution in [0.25, 0.3) is 11.0 Å². The van der Waals surface area contributed by atoms with E-state index in [9.17, 15) is 4.79 Å². The molecule has 5 rings (SSSR count). The summed E-state index contributed by atoms with van der Waals surface area (Å²) in [5.74, 6) is 2.07. The lowest BCUT2D eigenvalue weighted by Crippen LogP contribution is -2.32. The number of fused-ring (bicyclic) bond motifs is 4. The zero-order chi connectivity index (χ0) is 19.8. The van der Waals surface area contributed by atoms with E-state index in [-0.39, 0.29) is 18.8 Å². The Balaban J connectivity index is 1.33. The molecule has 0 bridgehead atoms. The Kier molecular flexibility index (Phi) is 4.57. The number of carbonyl (C=O) groups excluding carboxylic acids is 1. The average molecular weight is 395 g/mol. The van der Waals surface area contributed by atoms with Gasteiger partial charge in [-0.1, -0.05) is 6.07 Å². The molecular formula is C21H21N3O5. The first-order valence-corrected chi connectivity index (χ1v) is 9.49. The van der Waals surface area contributed by atoms with E-state index in [1.54, 1.807) is 12.1 Å². The maximum Gasteiger partial charge on any atom is 0.337 e. The minimum Gasteiger partial charge on any atom is -0.465 e. The highest BCUT2D eigenvalue weighted by atomic mass is 16.7. The van der Waals surface area contributed by atoms with Crippen LogP contribution in [0.2, 0.25) is 0 Å². The number of hydrogen-bond donors (Lipinski definition) is 1. The maximum atomic E-state index is 11.8. The van der Waals surface area contributed by atoms with Crippen molar-refractivity contribution in [2.24, 2.45) is 0 Å². The molecule has 0 fully saturated rings. The minimum absolute atomic E-state index is 0.113. The van der Waals surface area contributed by atoms with E-state index in [2.05, 4.69) is 14.9 Å². The Morgan fingerprint density at radius 2 is 2.14 bits per heavy atom. The second-order valence-corrected chi connectivity index (χ2v) is 7.08. The molecule has 0 radical (unpaired) electrons. The van der Waals surface area contributed by atoms with Crippen molar-refractivity contribution in [2.45, 2.75) is 19.2 Å². The zero-order valence-electron chi connectivity index (χ0n) is 16.0. The third kappa shape index (κ3) is 3.30. The highest BCUT2D eigenvalue weighted by Crippen LogP contribution is 2.32. The first-order chi connectivity index (χ1) is 14.2. The van der Waals surface area contributed by atoms with Gasteiger partial charge in [0.25, 0.3) is 0 Å². The van der Waals surface area contributed by atoms with Gasteiger partial charge in [0.05, 0.1) is 36.4 Å². The van der Waals surface area contributed by atoms with Crippen molar-refractivity contribution in [2.75, 3.05) is 27.1 Å². The molecule has 1 aromatic heterocycles. The van der Waals surface area contributed by atoms with Crippen molar-refractivity contribution < 1.29 is 23.7 Å². The molecule has 3 aromatic rings. The summed E-state index contributed by atoms with van der Waals surface area (Å²) in [7, 11) is 1.38. The number of ether oxygens (including phenoxy) is 4. The van der Waals surface area contributed by atoms with Crippen LogP contribution < -0.4 is 14.8 Å². The van der Waals surface area contributed by atoms with Crippen LogP contribution in [0.3, 0.4) is 0 Å². The van der Waals surface area contributed by atoms with Crippen molar-refractivity contribution in [3.63, 3.8) is 0 Å². The molecule has 0 saturated carbocycles. The molecule has 29 heavy (non-hydrogen) atoms. The van der Waals surface area contributed by atoms with Crippen molar-refractivity contribution in [1.82, 2.24) is 14.9 Å². The molecule has 1 atom stereocenters. The van der Waals surface area contributed by atoms with Gasteiger partial charge in [0.2, 0.25) is 6.79 Å². The number of imidazole rings is 1. The van der Waals surface area contributed by atoms with E-state index in [0.29, 0.717) is 25.3 Å². The molecule has 150 valence electrons. The summed E-state index contributed by atoms with van der Waals surface area (Å²) in [4.78, 5) is 16.5. The predicted octanol–water partition coefficient (Wildman–Crippen LogP) is 2.41. The van der Waals surface area contributed by atoms with Crippen molar-refractivity contribution >= 4 is 17.0 Å². The van der Waals surface area contributed by atoms with E-state index >= 15 is 0 Å². The van der Waals surface area contributed by atoms with Crippen LogP contribution in [0.15, 0.2) is 36.4 Å². The number of aromatic nitrogens is 2. The van der Waals surface area contributed by atoms with Crippen LogP contribution in [0.5, 0.6) is 11.5 Å². The van der Waals surface area contributed by atoms with Crippen LogP contribution >= 0.6 is 0 Å². The molecule has 8 nitrogen and oxygen atoms in total. The Hall–Kier alpha value is -3.10. The third-order valence-corrected chi connectivity index (χ3v) is 5.24.